The fourth-order valence-corrected chi connectivity index (χ4v) is 2.42. The van der Waals surface area contributed by atoms with E-state index < -0.39 is 0 Å². The fourth-order valence-electron chi connectivity index (χ4n) is 2.42. The van der Waals surface area contributed by atoms with Gasteiger partial charge in [0.25, 0.3) is 0 Å². The van der Waals surface area contributed by atoms with Crippen LogP contribution in [-0.2, 0) is 6.54 Å². The first-order valence-electron chi connectivity index (χ1n) is 7.46. The van der Waals surface area contributed by atoms with E-state index in [2.05, 4.69) is 34.5 Å². The van der Waals surface area contributed by atoms with Crippen LogP contribution in [0.1, 0.15) is 31.2 Å². The van der Waals surface area contributed by atoms with E-state index >= 15 is 0 Å². The summed E-state index contributed by atoms with van der Waals surface area (Å²) in [6.07, 6.45) is 5.62. The van der Waals surface area contributed by atoms with E-state index in [1.165, 1.54) is 0 Å². The van der Waals surface area contributed by atoms with E-state index in [4.69, 9.17) is 4.42 Å². The molecule has 0 amide bonds. The molecule has 0 fully saturated rings. The molecule has 0 aliphatic heterocycles. The van der Waals surface area contributed by atoms with Crippen LogP contribution < -0.4 is 5.32 Å². The monoisotopic (exact) mass is 299 g/mol. The van der Waals surface area contributed by atoms with Gasteiger partial charge in [-0.3, -0.25) is 9.78 Å². The number of rotatable bonds is 6. The Bertz CT molecular complexity index is 713. The second kappa shape index (κ2) is 6.19. The van der Waals surface area contributed by atoms with Crippen LogP contribution in [0.2, 0.25) is 0 Å². The maximum absolute atomic E-state index is 5.67. The SMILES string of the molecule is Cc1ccc(-c2[nH]ncc2CN[C@H](C)[C@@H](C)n2cccn2)o1. The molecule has 0 radical (unpaired) electrons. The molecule has 0 spiro atoms. The summed E-state index contributed by atoms with van der Waals surface area (Å²) >= 11 is 0. The summed E-state index contributed by atoms with van der Waals surface area (Å²) in [5.74, 6) is 1.71. The highest BCUT2D eigenvalue weighted by atomic mass is 16.3. The molecule has 0 aromatic carbocycles. The summed E-state index contributed by atoms with van der Waals surface area (Å²) in [5, 5.41) is 15.0. The Kier molecular flexibility index (Phi) is 4.11. The Labute approximate surface area is 129 Å². The summed E-state index contributed by atoms with van der Waals surface area (Å²) in [4.78, 5) is 0. The number of aryl methyl sites for hydroxylation is 1. The Hall–Kier alpha value is -2.34. The van der Waals surface area contributed by atoms with Gasteiger partial charge in [0.2, 0.25) is 0 Å². The van der Waals surface area contributed by atoms with Crippen LogP contribution in [-0.4, -0.2) is 26.0 Å². The van der Waals surface area contributed by atoms with E-state index in [0.29, 0.717) is 0 Å². The third-order valence-corrected chi connectivity index (χ3v) is 3.98. The molecule has 3 aromatic rings. The predicted octanol–water partition coefficient (Wildman–Crippen LogP) is 2.91. The summed E-state index contributed by atoms with van der Waals surface area (Å²) < 4.78 is 7.63. The van der Waals surface area contributed by atoms with Crippen molar-refractivity contribution in [2.24, 2.45) is 0 Å². The standard InChI is InChI=1S/C16H21N5O/c1-11-5-6-15(22-11)16-14(10-18-20-16)9-17-12(2)13(3)21-8-4-7-19-21/h4-8,10,12-13,17H,9H2,1-3H3,(H,18,20)/t12-,13-/m1/s1. The van der Waals surface area contributed by atoms with Crippen molar-refractivity contribution in [1.82, 2.24) is 25.3 Å². The molecule has 2 atom stereocenters. The third kappa shape index (κ3) is 2.96. The van der Waals surface area contributed by atoms with E-state index in [9.17, 15) is 0 Å². The van der Waals surface area contributed by atoms with E-state index in [0.717, 1.165) is 29.3 Å². The molecule has 0 saturated heterocycles. The molecular weight excluding hydrogens is 278 g/mol. The molecular formula is C16H21N5O. The van der Waals surface area contributed by atoms with Crippen molar-refractivity contribution in [3.63, 3.8) is 0 Å². The first kappa shape index (κ1) is 14.6. The first-order chi connectivity index (χ1) is 10.6. The van der Waals surface area contributed by atoms with Gasteiger partial charge in [-0.15, -0.1) is 0 Å². The number of aromatic amines is 1. The van der Waals surface area contributed by atoms with Gasteiger partial charge in [0, 0.05) is 30.5 Å². The molecule has 2 N–H and O–H groups in total. The molecule has 22 heavy (non-hydrogen) atoms. The summed E-state index contributed by atoms with van der Waals surface area (Å²) in [5.41, 5.74) is 2.02. The van der Waals surface area contributed by atoms with E-state index in [1.807, 2.05) is 42.2 Å². The molecule has 0 aliphatic carbocycles. The van der Waals surface area contributed by atoms with Crippen molar-refractivity contribution >= 4 is 0 Å². The van der Waals surface area contributed by atoms with Crippen molar-refractivity contribution < 1.29 is 4.42 Å². The lowest BCUT2D eigenvalue weighted by atomic mass is 10.1. The van der Waals surface area contributed by atoms with Crippen LogP contribution in [0.25, 0.3) is 11.5 Å². The van der Waals surface area contributed by atoms with Crippen molar-refractivity contribution in [2.45, 2.75) is 39.4 Å². The lowest BCUT2D eigenvalue weighted by Gasteiger charge is -2.21. The van der Waals surface area contributed by atoms with Crippen molar-refractivity contribution in [1.29, 1.82) is 0 Å². The molecule has 0 saturated carbocycles. The van der Waals surface area contributed by atoms with Crippen molar-refractivity contribution in [3.05, 3.63) is 48.1 Å². The number of hydrogen-bond acceptors (Lipinski definition) is 4. The van der Waals surface area contributed by atoms with Crippen LogP contribution in [0.5, 0.6) is 0 Å². The van der Waals surface area contributed by atoms with Crippen molar-refractivity contribution in [3.8, 4) is 11.5 Å². The third-order valence-electron chi connectivity index (χ3n) is 3.98. The first-order valence-corrected chi connectivity index (χ1v) is 7.46. The maximum atomic E-state index is 5.67. The molecule has 3 heterocycles. The highest BCUT2D eigenvalue weighted by Gasteiger charge is 2.16. The molecule has 0 unspecified atom stereocenters. The molecule has 6 nitrogen and oxygen atoms in total. The summed E-state index contributed by atoms with van der Waals surface area (Å²) in [7, 11) is 0. The topological polar surface area (TPSA) is 71.7 Å². The fraction of sp³-hybridized carbons (Fsp3) is 0.375. The maximum Gasteiger partial charge on any atom is 0.152 e. The van der Waals surface area contributed by atoms with E-state index in [-0.39, 0.29) is 12.1 Å². The zero-order valence-corrected chi connectivity index (χ0v) is 13.1. The molecule has 0 aliphatic rings. The van der Waals surface area contributed by atoms with Crippen LogP contribution in [0.3, 0.4) is 0 Å². The van der Waals surface area contributed by atoms with Crippen LogP contribution in [0.15, 0.2) is 41.2 Å². The van der Waals surface area contributed by atoms with Gasteiger partial charge in [0.05, 0.1) is 12.2 Å². The minimum absolute atomic E-state index is 0.274. The second-order valence-electron chi connectivity index (χ2n) is 5.58. The lowest BCUT2D eigenvalue weighted by molar-refractivity contribution is 0.365. The number of aromatic nitrogens is 4. The Morgan fingerprint density at radius 3 is 2.91 bits per heavy atom. The van der Waals surface area contributed by atoms with Gasteiger partial charge in [0.15, 0.2) is 5.76 Å². The van der Waals surface area contributed by atoms with Gasteiger partial charge in [-0.25, -0.2) is 0 Å². The second-order valence-corrected chi connectivity index (χ2v) is 5.58. The zero-order chi connectivity index (χ0) is 15.5. The average molecular weight is 299 g/mol. The predicted molar refractivity (Wildman–Crippen MR) is 84.3 cm³/mol. The largest absolute Gasteiger partial charge is 0.460 e. The smallest absolute Gasteiger partial charge is 0.152 e. The van der Waals surface area contributed by atoms with Crippen LogP contribution >= 0.6 is 0 Å². The molecule has 3 rings (SSSR count). The zero-order valence-electron chi connectivity index (χ0n) is 13.1. The van der Waals surface area contributed by atoms with Gasteiger partial charge in [0.1, 0.15) is 11.5 Å². The average Bonchev–Trinajstić information content (AvgIpc) is 3.24. The summed E-state index contributed by atoms with van der Waals surface area (Å²) in [6.45, 7) is 6.96. The number of hydrogen-bond donors (Lipinski definition) is 2. The minimum Gasteiger partial charge on any atom is -0.460 e. The Morgan fingerprint density at radius 1 is 1.36 bits per heavy atom. The number of nitrogens with one attached hydrogen (secondary N) is 2. The van der Waals surface area contributed by atoms with Gasteiger partial charge < -0.3 is 9.73 Å². The lowest BCUT2D eigenvalue weighted by Crippen LogP contribution is -2.33. The minimum atomic E-state index is 0.274. The molecule has 116 valence electrons. The summed E-state index contributed by atoms with van der Waals surface area (Å²) in [6, 6.07) is 6.41. The van der Waals surface area contributed by atoms with Gasteiger partial charge in [-0.2, -0.15) is 10.2 Å². The quantitative estimate of drug-likeness (QED) is 0.734. The Morgan fingerprint density at radius 2 is 2.23 bits per heavy atom. The van der Waals surface area contributed by atoms with Crippen LogP contribution in [0, 0.1) is 6.92 Å². The number of H-pyrrole nitrogens is 1. The van der Waals surface area contributed by atoms with E-state index in [1.54, 1.807) is 6.20 Å². The highest BCUT2D eigenvalue weighted by Crippen LogP contribution is 2.23. The molecule has 0 bridgehead atoms. The van der Waals surface area contributed by atoms with Gasteiger partial charge >= 0.3 is 0 Å². The van der Waals surface area contributed by atoms with Gasteiger partial charge in [-0.05, 0) is 39.0 Å². The Balaban J connectivity index is 1.66. The molecule has 3 aromatic heterocycles. The molecule has 6 heteroatoms. The number of furan rings is 1. The van der Waals surface area contributed by atoms with Crippen LogP contribution in [0.4, 0.5) is 0 Å². The van der Waals surface area contributed by atoms with Crippen molar-refractivity contribution in [2.75, 3.05) is 0 Å². The van der Waals surface area contributed by atoms with Gasteiger partial charge in [-0.1, -0.05) is 0 Å². The highest BCUT2D eigenvalue weighted by molar-refractivity contribution is 5.56. The number of nitrogens with zero attached hydrogens (tertiary/aromatic N) is 3. The normalized spacial score (nSPS) is 14.1.